The molecule has 1 aromatic rings. The Kier molecular flexibility index (Phi) is 5.75. The molecule has 0 aliphatic heterocycles. The maximum absolute atomic E-state index is 11.9. The van der Waals surface area contributed by atoms with Crippen LogP contribution in [0.5, 0.6) is 0 Å². The van der Waals surface area contributed by atoms with Gasteiger partial charge in [-0.1, -0.05) is 43.2 Å². The normalized spacial score (nSPS) is 16.6. The number of carbonyl (C=O) groups is 2. The van der Waals surface area contributed by atoms with E-state index in [4.69, 9.17) is 9.84 Å². The van der Waals surface area contributed by atoms with E-state index in [1.807, 2.05) is 30.3 Å². The third-order valence-electron chi connectivity index (χ3n) is 3.67. The molecule has 1 saturated carbocycles. The summed E-state index contributed by atoms with van der Waals surface area (Å²) in [6.45, 7) is -0.00633. The van der Waals surface area contributed by atoms with Crippen molar-refractivity contribution in [1.82, 2.24) is 5.32 Å². The van der Waals surface area contributed by atoms with Crippen molar-refractivity contribution in [3.63, 3.8) is 0 Å². The second kappa shape index (κ2) is 7.78. The van der Waals surface area contributed by atoms with Gasteiger partial charge in [0, 0.05) is 0 Å². The molecule has 1 aromatic carbocycles. The molecule has 1 aliphatic rings. The fraction of sp³-hybridized carbons (Fsp3) is 0.500. The lowest BCUT2D eigenvalue weighted by Gasteiger charge is -2.18. The van der Waals surface area contributed by atoms with Crippen LogP contribution >= 0.6 is 0 Å². The fourth-order valence-electron chi connectivity index (χ4n) is 2.60. The molecule has 5 nitrogen and oxygen atoms in total. The SMILES string of the molecule is O=C(O)CC(NC(=O)COC1CCCC1)c1ccccc1. The van der Waals surface area contributed by atoms with E-state index in [0.29, 0.717) is 0 Å². The molecule has 114 valence electrons. The van der Waals surface area contributed by atoms with E-state index in [2.05, 4.69) is 5.32 Å². The van der Waals surface area contributed by atoms with Crippen LogP contribution in [-0.2, 0) is 14.3 Å². The Bertz CT molecular complexity index is 468. The number of ether oxygens (including phenoxy) is 1. The summed E-state index contributed by atoms with van der Waals surface area (Å²) in [6, 6.07) is 8.60. The molecule has 1 aliphatic carbocycles. The zero-order chi connectivity index (χ0) is 15.1. The van der Waals surface area contributed by atoms with Crippen molar-refractivity contribution in [3.05, 3.63) is 35.9 Å². The fourth-order valence-corrected chi connectivity index (χ4v) is 2.60. The van der Waals surface area contributed by atoms with Crippen LogP contribution in [0.3, 0.4) is 0 Å². The van der Waals surface area contributed by atoms with E-state index in [9.17, 15) is 9.59 Å². The van der Waals surface area contributed by atoms with Crippen LogP contribution < -0.4 is 5.32 Å². The summed E-state index contributed by atoms with van der Waals surface area (Å²) in [5.74, 6) is -1.21. The minimum atomic E-state index is -0.944. The third-order valence-corrected chi connectivity index (χ3v) is 3.67. The van der Waals surface area contributed by atoms with Crippen LogP contribution in [0, 0.1) is 0 Å². The van der Waals surface area contributed by atoms with Gasteiger partial charge in [-0.25, -0.2) is 0 Å². The van der Waals surface area contributed by atoms with Crippen molar-refractivity contribution in [3.8, 4) is 0 Å². The number of nitrogens with one attached hydrogen (secondary N) is 1. The van der Waals surface area contributed by atoms with E-state index in [0.717, 1.165) is 31.2 Å². The van der Waals surface area contributed by atoms with Crippen molar-refractivity contribution in [2.45, 2.75) is 44.2 Å². The Hall–Kier alpha value is -1.88. The van der Waals surface area contributed by atoms with Crippen molar-refractivity contribution >= 4 is 11.9 Å². The first-order valence-electron chi connectivity index (χ1n) is 7.33. The molecule has 1 amide bonds. The first-order valence-corrected chi connectivity index (χ1v) is 7.33. The van der Waals surface area contributed by atoms with Crippen LogP contribution in [0.2, 0.25) is 0 Å². The Labute approximate surface area is 124 Å². The lowest BCUT2D eigenvalue weighted by molar-refractivity contribution is -0.138. The average Bonchev–Trinajstić information content (AvgIpc) is 2.98. The molecule has 21 heavy (non-hydrogen) atoms. The average molecular weight is 291 g/mol. The number of carbonyl (C=O) groups excluding carboxylic acids is 1. The molecule has 1 fully saturated rings. The number of hydrogen-bond donors (Lipinski definition) is 2. The van der Waals surface area contributed by atoms with Gasteiger partial charge >= 0.3 is 5.97 Å². The number of amides is 1. The summed E-state index contributed by atoms with van der Waals surface area (Å²) >= 11 is 0. The molecule has 5 heteroatoms. The maximum Gasteiger partial charge on any atom is 0.305 e. The zero-order valence-electron chi connectivity index (χ0n) is 12.0. The van der Waals surface area contributed by atoms with Gasteiger partial charge < -0.3 is 15.2 Å². The smallest absolute Gasteiger partial charge is 0.305 e. The van der Waals surface area contributed by atoms with Gasteiger partial charge in [0.1, 0.15) is 6.61 Å². The van der Waals surface area contributed by atoms with Crippen LogP contribution in [0.25, 0.3) is 0 Å². The van der Waals surface area contributed by atoms with Gasteiger partial charge in [0.15, 0.2) is 0 Å². The van der Waals surface area contributed by atoms with Crippen LogP contribution in [0.1, 0.15) is 43.7 Å². The first-order chi connectivity index (χ1) is 10.1. The van der Waals surface area contributed by atoms with Gasteiger partial charge in [-0.15, -0.1) is 0 Å². The summed E-state index contributed by atoms with van der Waals surface area (Å²) in [5, 5.41) is 11.7. The van der Waals surface area contributed by atoms with Crippen LogP contribution in [0.15, 0.2) is 30.3 Å². The number of benzene rings is 1. The zero-order valence-corrected chi connectivity index (χ0v) is 12.0. The number of hydrogen-bond acceptors (Lipinski definition) is 3. The van der Waals surface area contributed by atoms with Crippen molar-refractivity contribution in [1.29, 1.82) is 0 Å². The molecule has 0 spiro atoms. The topological polar surface area (TPSA) is 75.6 Å². The van der Waals surface area contributed by atoms with Gasteiger partial charge in [0.05, 0.1) is 18.6 Å². The molecule has 0 aromatic heterocycles. The lowest BCUT2D eigenvalue weighted by Crippen LogP contribution is -2.34. The van der Waals surface area contributed by atoms with E-state index >= 15 is 0 Å². The maximum atomic E-state index is 11.9. The van der Waals surface area contributed by atoms with Gasteiger partial charge in [-0.05, 0) is 18.4 Å². The predicted molar refractivity (Wildman–Crippen MR) is 77.8 cm³/mol. The minimum Gasteiger partial charge on any atom is -0.481 e. The Balaban J connectivity index is 1.88. The van der Waals surface area contributed by atoms with Crippen molar-refractivity contribution in [2.75, 3.05) is 6.61 Å². The predicted octanol–water partition coefficient (Wildman–Crippen LogP) is 2.28. The van der Waals surface area contributed by atoms with Gasteiger partial charge in [0.25, 0.3) is 0 Å². The summed E-state index contributed by atoms with van der Waals surface area (Å²) < 4.78 is 5.55. The number of rotatable bonds is 7. The van der Waals surface area contributed by atoms with Crippen LogP contribution in [-0.4, -0.2) is 29.7 Å². The summed E-state index contributed by atoms with van der Waals surface area (Å²) in [7, 11) is 0. The molecule has 1 unspecified atom stereocenters. The van der Waals surface area contributed by atoms with Crippen LogP contribution in [0.4, 0.5) is 0 Å². The van der Waals surface area contributed by atoms with Gasteiger partial charge in [-0.3, -0.25) is 9.59 Å². The molecular weight excluding hydrogens is 270 g/mol. The number of aliphatic carboxylic acids is 1. The molecule has 1 atom stereocenters. The largest absolute Gasteiger partial charge is 0.481 e. The summed E-state index contributed by atoms with van der Waals surface area (Å²) in [5.41, 5.74) is 0.786. The Morgan fingerprint density at radius 1 is 1.24 bits per heavy atom. The number of carboxylic acid groups (broad SMARTS) is 1. The van der Waals surface area contributed by atoms with Gasteiger partial charge in [0.2, 0.25) is 5.91 Å². The molecular formula is C16H21NO4. The summed E-state index contributed by atoms with van der Waals surface area (Å²) in [4.78, 5) is 22.9. The lowest BCUT2D eigenvalue weighted by atomic mass is 10.0. The molecule has 0 saturated heterocycles. The quantitative estimate of drug-likeness (QED) is 0.808. The van der Waals surface area contributed by atoms with E-state index < -0.39 is 12.0 Å². The molecule has 0 bridgehead atoms. The first kappa shape index (κ1) is 15.5. The third kappa shape index (κ3) is 5.19. The molecule has 2 rings (SSSR count). The highest BCUT2D eigenvalue weighted by molar-refractivity contribution is 5.78. The second-order valence-electron chi connectivity index (χ2n) is 5.35. The Morgan fingerprint density at radius 3 is 2.52 bits per heavy atom. The standard InChI is InChI=1S/C16H21NO4/c18-15(11-21-13-8-4-5-9-13)17-14(10-16(19)20)12-6-2-1-3-7-12/h1-3,6-7,13-14H,4-5,8-11H2,(H,17,18)(H,19,20). The number of carboxylic acids is 1. The highest BCUT2D eigenvalue weighted by Crippen LogP contribution is 2.21. The minimum absolute atomic E-state index is 0.00633. The molecule has 0 heterocycles. The Morgan fingerprint density at radius 2 is 1.90 bits per heavy atom. The second-order valence-corrected chi connectivity index (χ2v) is 5.35. The highest BCUT2D eigenvalue weighted by Gasteiger charge is 2.20. The van der Waals surface area contributed by atoms with Gasteiger partial charge in [-0.2, -0.15) is 0 Å². The van der Waals surface area contributed by atoms with E-state index in [-0.39, 0.29) is 25.0 Å². The molecule has 0 radical (unpaired) electrons. The molecule has 2 N–H and O–H groups in total. The summed E-state index contributed by atoms with van der Waals surface area (Å²) in [6.07, 6.45) is 4.34. The van der Waals surface area contributed by atoms with E-state index in [1.54, 1.807) is 0 Å². The highest BCUT2D eigenvalue weighted by atomic mass is 16.5. The van der Waals surface area contributed by atoms with Crippen molar-refractivity contribution < 1.29 is 19.4 Å². The van der Waals surface area contributed by atoms with Crippen molar-refractivity contribution in [2.24, 2.45) is 0 Å². The monoisotopic (exact) mass is 291 g/mol. The van der Waals surface area contributed by atoms with E-state index in [1.165, 1.54) is 0 Å².